The molecule has 2 unspecified atom stereocenters. The van der Waals surface area contributed by atoms with Crippen LogP contribution in [0.25, 0.3) is 0 Å². The first-order valence-electron chi connectivity index (χ1n) is 11.6. The monoisotopic (exact) mass is 495 g/mol. The van der Waals surface area contributed by atoms with Crippen molar-refractivity contribution in [2.75, 3.05) is 32.9 Å². The summed E-state index contributed by atoms with van der Waals surface area (Å²) in [6, 6.07) is -0.640. The summed E-state index contributed by atoms with van der Waals surface area (Å²) in [6.45, 7) is 7.25. The first kappa shape index (κ1) is 31.5. The molecule has 0 saturated carbocycles. The molecule has 0 aliphatic carbocycles. The molecule has 0 aliphatic heterocycles. The maximum atomic E-state index is 12.4. The second kappa shape index (κ2) is 17.9. The number of carbonyl (C=O) groups is 3. The van der Waals surface area contributed by atoms with Gasteiger partial charge in [-0.15, -0.1) is 0 Å². The minimum absolute atomic E-state index is 0.0131. The van der Waals surface area contributed by atoms with Crippen LogP contribution in [-0.4, -0.2) is 66.7 Å². The number of unbranched alkanes of at least 4 members (excludes halogenated alkanes) is 2. The van der Waals surface area contributed by atoms with Gasteiger partial charge in [0.2, 0.25) is 17.7 Å². The van der Waals surface area contributed by atoms with Gasteiger partial charge >= 0.3 is 7.82 Å². The van der Waals surface area contributed by atoms with Gasteiger partial charge in [0, 0.05) is 38.5 Å². The van der Waals surface area contributed by atoms with Crippen molar-refractivity contribution >= 4 is 25.5 Å². The van der Waals surface area contributed by atoms with Crippen LogP contribution >= 0.6 is 7.82 Å². The van der Waals surface area contributed by atoms with Crippen molar-refractivity contribution in [1.82, 2.24) is 16.0 Å². The summed E-state index contributed by atoms with van der Waals surface area (Å²) in [5.74, 6) is -0.959. The molecule has 0 saturated heterocycles. The number of phosphoric ester groups is 1. The largest absolute Gasteiger partial charge is 0.472 e. The van der Waals surface area contributed by atoms with Crippen molar-refractivity contribution in [1.29, 1.82) is 0 Å². The van der Waals surface area contributed by atoms with E-state index in [0.717, 1.165) is 0 Å². The Balaban J connectivity index is 4.23. The van der Waals surface area contributed by atoms with E-state index in [-0.39, 0.29) is 49.4 Å². The zero-order chi connectivity index (χ0) is 25.3. The molecule has 3 atom stereocenters. The summed E-state index contributed by atoms with van der Waals surface area (Å²) in [5, 5.41) is 17.7. The lowest BCUT2D eigenvalue weighted by molar-refractivity contribution is -0.128. The van der Waals surface area contributed by atoms with Crippen LogP contribution in [0, 0.1) is 11.8 Å². The first-order chi connectivity index (χ1) is 15.5. The number of nitrogens with one attached hydrogen (secondary N) is 3. The van der Waals surface area contributed by atoms with E-state index in [4.69, 9.17) is 4.52 Å². The second-order valence-corrected chi connectivity index (χ2v) is 9.67. The fourth-order valence-electron chi connectivity index (χ4n) is 2.92. The van der Waals surface area contributed by atoms with E-state index in [0.29, 0.717) is 51.6 Å². The second-order valence-electron chi connectivity index (χ2n) is 8.21. The lowest BCUT2D eigenvalue weighted by Crippen LogP contribution is -2.46. The number of rotatable bonds is 19. The maximum absolute atomic E-state index is 12.4. The number of amides is 3. The summed E-state index contributed by atoms with van der Waals surface area (Å²) < 4.78 is 21.0. The highest BCUT2D eigenvalue weighted by atomic mass is 31.2. The standard InChI is InChI=1S/C21H42N3O8P/c1-5-31-33(29,30)32-15-18(14-25)10-6-8-13-23-21(28)19(24-17(4)26)11-7-9-12-22-20(27)16(2)3/h16,18-19,25H,5-15H2,1-4H3,(H,22,27)(H,23,28)(H,24,26)(H,29,30)/t18?,19-/m0/s1. The van der Waals surface area contributed by atoms with Crippen LogP contribution < -0.4 is 16.0 Å². The van der Waals surface area contributed by atoms with E-state index in [2.05, 4.69) is 20.5 Å². The maximum Gasteiger partial charge on any atom is 0.472 e. The zero-order valence-electron chi connectivity index (χ0n) is 20.3. The number of hydrogen-bond donors (Lipinski definition) is 5. The summed E-state index contributed by atoms with van der Waals surface area (Å²) in [4.78, 5) is 44.8. The van der Waals surface area contributed by atoms with Gasteiger partial charge in [-0.05, 0) is 39.0 Å². The van der Waals surface area contributed by atoms with Gasteiger partial charge in [0.1, 0.15) is 6.04 Å². The van der Waals surface area contributed by atoms with Gasteiger partial charge in [-0.3, -0.25) is 23.4 Å². The third kappa shape index (κ3) is 16.7. The molecular formula is C21H42N3O8P. The van der Waals surface area contributed by atoms with Gasteiger partial charge in [0.25, 0.3) is 0 Å². The molecule has 0 aromatic heterocycles. The molecule has 11 nitrogen and oxygen atoms in total. The summed E-state index contributed by atoms with van der Waals surface area (Å²) in [6.07, 6.45) is 3.70. The number of phosphoric acid groups is 1. The summed E-state index contributed by atoms with van der Waals surface area (Å²) in [5.41, 5.74) is 0. The minimum Gasteiger partial charge on any atom is -0.396 e. The molecule has 0 heterocycles. The highest BCUT2D eigenvalue weighted by Crippen LogP contribution is 2.43. The molecule has 0 aromatic rings. The molecule has 0 fully saturated rings. The Kier molecular flexibility index (Phi) is 17.1. The average molecular weight is 496 g/mol. The normalized spacial score (nSPS) is 14.9. The van der Waals surface area contributed by atoms with Crippen LogP contribution in [0.2, 0.25) is 0 Å². The van der Waals surface area contributed by atoms with Crippen LogP contribution in [-0.2, 0) is 28.0 Å². The van der Waals surface area contributed by atoms with Crippen molar-refractivity contribution in [3.8, 4) is 0 Å². The Morgan fingerprint density at radius 1 is 0.939 bits per heavy atom. The molecule has 0 bridgehead atoms. The molecule has 5 N–H and O–H groups in total. The van der Waals surface area contributed by atoms with E-state index >= 15 is 0 Å². The highest BCUT2D eigenvalue weighted by Gasteiger charge is 2.22. The van der Waals surface area contributed by atoms with Gasteiger partial charge in [0.15, 0.2) is 0 Å². The molecule has 12 heteroatoms. The summed E-state index contributed by atoms with van der Waals surface area (Å²) >= 11 is 0. The van der Waals surface area contributed by atoms with Crippen LogP contribution in [0.3, 0.4) is 0 Å². The van der Waals surface area contributed by atoms with Gasteiger partial charge in [-0.1, -0.05) is 20.3 Å². The number of aliphatic hydroxyl groups excluding tert-OH is 1. The Bertz CT molecular complexity index is 633. The van der Waals surface area contributed by atoms with E-state index < -0.39 is 13.9 Å². The third-order valence-corrected chi connectivity index (χ3v) is 5.86. The van der Waals surface area contributed by atoms with E-state index in [1.807, 2.05) is 13.8 Å². The van der Waals surface area contributed by atoms with Crippen molar-refractivity contribution < 1.29 is 38.0 Å². The van der Waals surface area contributed by atoms with Crippen LogP contribution in [0.4, 0.5) is 0 Å². The Morgan fingerprint density at radius 2 is 1.52 bits per heavy atom. The lowest BCUT2D eigenvalue weighted by atomic mass is 10.0. The molecule has 0 aromatic carbocycles. The molecule has 3 amide bonds. The molecule has 194 valence electrons. The van der Waals surface area contributed by atoms with Crippen LogP contribution in [0.1, 0.15) is 66.2 Å². The lowest BCUT2D eigenvalue weighted by Gasteiger charge is -2.18. The fourth-order valence-corrected chi connectivity index (χ4v) is 3.72. The van der Waals surface area contributed by atoms with E-state index in [1.165, 1.54) is 6.92 Å². The molecular weight excluding hydrogens is 453 g/mol. The average Bonchev–Trinajstić information content (AvgIpc) is 2.73. The summed E-state index contributed by atoms with van der Waals surface area (Å²) in [7, 11) is -4.09. The predicted octanol–water partition coefficient (Wildman–Crippen LogP) is 1.48. The molecule has 0 rings (SSSR count). The topological polar surface area (TPSA) is 163 Å². The van der Waals surface area contributed by atoms with E-state index in [9.17, 15) is 28.9 Å². The van der Waals surface area contributed by atoms with Crippen LogP contribution in [0.5, 0.6) is 0 Å². The molecule has 33 heavy (non-hydrogen) atoms. The van der Waals surface area contributed by atoms with Crippen LogP contribution in [0.15, 0.2) is 0 Å². The molecule has 0 spiro atoms. The van der Waals surface area contributed by atoms with Crippen molar-refractivity contribution in [2.45, 2.75) is 72.3 Å². The first-order valence-corrected chi connectivity index (χ1v) is 13.1. The van der Waals surface area contributed by atoms with Gasteiger partial charge < -0.3 is 26.0 Å². The number of hydrogen-bond acceptors (Lipinski definition) is 7. The van der Waals surface area contributed by atoms with Gasteiger partial charge in [-0.25, -0.2) is 4.57 Å². The van der Waals surface area contributed by atoms with Gasteiger partial charge in [-0.2, -0.15) is 0 Å². The zero-order valence-corrected chi connectivity index (χ0v) is 21.2. The Labute approximate surface area is 197 Å². The minimum atomic E-state index is -4.09. The highest BCUT2D eigenvalue weighted by molar-refractivity contribution is 7.47. The van der Waals surface area contributed by atoms with Crippen molar-refractivity contribution in [3.63, 3.8) is 0 Å². The quantitative estimate of drug-likeness (QED) is 0.133. The third-order valence-electron chi connectivity index (χ3n) is 4.80. The SMILES string of the molecule is CCOP(=O)(O)OCC(CO)CCCCNC(=O)[C@H](CCCCNC(=O)C(C)C)NC(C)=O. The van der Waals surface area contributed by atoms with Crippen molar-refractivity contribution in [2.24, 2.45) is 11.8 Å². The molecule has 0 radical (unpaired) electrons. The Hall–Kier alpha value is -1.52. The number of carbonyl (C=O) groups excluding carboxylic acids is 3. The smallest absolute Gasteiger partial charge is 0.396 e. The van der Waals surface area contributed by atoms with E-state index in [1.54, 1.807) is 6.92 Å². The Morgan fingerprint density at radius 3 is 2.03 bits per heavy atom. The molecule has 0 aliphatic rings. The van der Waals surface area contributed by atoms with Crippen molar-refractivity contribution in [3.05, 3.63) is 0 Å². The number of aliphatic hydroxyl groups is 1. The van der Waals surface area contributed by atoms with Gasteiger partial charge in [0.05, 0.1) is 13.2 Å². The predicted molar refractivity (Wildman–Crippen MR) is 124 cm³/mol. The fraction of sp³-hybridized carbons (Fsp3) is 0.857.